The lowest BCUT2D eigenvalue weighted by Crippen LogP contribution is -2.43. The number of aromatic nitrogens is 1. The monoisotopic (exact) mass is 395 g/mol. The molecule has 3 aromatic rings. The highest BCUT2D eigenvalue weighted by molar-refractivity contribution is 7.22. The van der Waals surface area contributed by atoms with Gasteiger partial charge in [-0.15, -0.1) is 0 Å². The molecule has 0 radical (unpaired) electrons. The molecule has 1 atom stereocenters. The number of ether oxygens (including phenoxy) is 1. The first kappa shape index (κ1) is 18.7. The molecule has 1 N–H and O–H groups in total. The van der Waals surface area contributed by atoms with Crippen LogP contribution in [0.2, 0.25) is 0 Å². The molecular formula is C22H25N3O2S. The second-order valence-electron chi connectivity index (χ2n) is 7.14. The standard InChI is InChI=1S/C22H25N3O2S/c1-27-18-9-10-19-20(14-18)28-22(24-19)25-13-5-8-17(15-25)21(26)23-12-11-16-6-3-2-4-7-16/h2-4,6-7,9-10,14,17H,5,8,11-13,15H2,1H3,(H,23,26). The number of thiazole rings is 1. The zero-order chi connectivity index (χ0) is 19.3. The number of hydrogen-bond donors (Lipinski definition) is 1. The lowest BCUT2D eigenvalue weighted by atomic mass is 9.97. The van der Waals surface area contributed by atoms with Crippen molar-refractivity contribution in [2.24, 2.45) is 5.92 Å². The Balaban J connectivity index is 1.36. The fourth-order valence-electron chi connectivity index (χ4n) is 3.64. The molecule has 0 spiro atoms. The second kappa shape index (κ2) is 8.61. The van der Waals surface area contributed by atoms with Crippen molar-refractivity contribution in [3.05, 3.63) is 54.1 Å². The normalized spacial score (nSPS) is 16.9. The Morgan fingerprint density at radius 1 is 1.29 bits per heavy atom. The van der Waals surface area contributed by atoms with Crippen LogP contribution in [0.1, 0.15) is 18.4 Å². The molecule has 1 aliphatic heterocycles. The van der Waals surface area contributed by atoms with Crippen LogP contribution in [-0.4, -0.2) is 37.6 Å². The first-order chi connectivity index (χ1) is 13.7. The van der Waals surface area contributed by atoms with Crippen molar-refractivity contribution < 1.29 is 9.53 Å². The zero-order valence-corrected chi connectivity index (χ0v) is 16.9. The summed E-state index contributed by atoms with van der Waals surface area (Å²) in [7, 11) is 1.68. The van der Waals surface area contributed by atoms with Crippen molar-refractivity contribution in [3.63, 3.8) is 0 Å². The van der Waals surface area contributed by atoms with Crippen molar-refractivity contribution in [2.75, 3.05) is 31.6 Å². The molecule has 1 unspecified atom stereocenters. The van der Waals surface area contributed by atoms with E-state index in [9.17, 15) is 4.79 Å². The third-order valence-electron chi connectivity index (χ3n) is 5.20. The molecule has 1 aromatic heterocycles. The van der Waals surface area contributed by atoms with Crippen molar-refractivity contribution in [1.82, 2.24) is 10.3 Å². The number of hydrogen-bond acceptors (Lipinski definition) is 5. The van der Waals surface area contributed by atoms with E-state index in [2.05, 4.69) is 22.3 Å². The summed E-state index contributed by atoms with van der Waals surface area (Å²) in [5.74, 6) is 1.02. The Hall–Kier alpha value is -2.60. The Morgan fingerprint density at radius 3 is 2.96 bits per heavy atom. The Kier molecular flexibility index (Phi) is 5.76. The predicted octanol–water partition coefficient (Wildman–Crippen LogP) is 3.88. The number of nitrogens with one attached hydrogen (secondary N) is 1. The maximum Gasteiger partial charge on any atom is 0.224 e. The van der Waals surface area contributed by atoms with Gasteiger partial charge in [0.2, 0.25) is 5.91 Å². The highest BCUT2D eigenvalue weighted by Gasteiger charge is 2.27. The maximum absolute atomic E-state index is 12.6. The summed E-state index contributed by atoms with van der Waals surface area (Å²) < 4.78 is 6.42. The van der Waals surface area contributed by atoms with Gasteiger partial charge in [-0.05, 0) is 43.0 Å². The summed E-state index contributed by atoms with van der Waals surface area (Å²) in [5, 5.41) is 4.11. The van der Waals surface area contributed by atoms with Crippen LogP contribution in [-0.2, 0) is 11.2 Å². The van der Waals surface area contributed by atoms with E-state index in [-0.39, 0.29) is 11.8 Å². The fourth-order valence-corrected chi connectivity index (χ4v) is 4.67. The molecule has 1 aliphatic rings. The maximum atomic E-state index is 12.6. The third kappa shape index (κ3) is 4.28. The van der Waals surface area contributed by atoms with E-state index in [4.69, 9.17) is 9.72 Å². The smallest absolute Gasteiger partial charge is 0.224 e. The lowest BCUT2D eigenvalue weighted by molar-refractivity contribution is -0.125. The van der Waals surface area contributed by atoms with Crippen molar-refractivity contribution in [1.29, 1.82) is 0 Å². The number of nitrogens with zero attached hydrogens (tertiary/aromatic N) is 2. The summed E-state index contributed by atoms with van der Waals surface area (Å²) in [6.45, 7) is 2.36. The quantitative estimate of drug-likeness (QED) is 0.688. The molecule has 1 fully saturated rings. The molecule has 146 valence electrons. The molecule has 1 amide bonds. The average molecular weight is 396 g/mol. The minimum absolute atomic E-state index is 0.0195. The number of rotatable bonds is 6. The molecule has 2 aromatic carbocycles. The van der Waals surface area contributed by atoms with Gasteiger partial charge in [0.25, 0.3) is 0 Å². The first-order valence-electron chi connectivity index (χ1n) is 9.74. The molecule has 2 heterocycles. The topological polar surface area (TPSA) is 54.5 Å². The molecule has 1 saturated heterocycles. The Labute approximate surface area is 169 Å². The Morgan fingerprint density at radius 2 is 2.14 bits per heavy atom. The van der Waals surface area contributed by atoms with Gasteiger partial charge < -0.3 is 15.0 Å². The van der Waals surface area contributed by atoms with Crippen LogP contribution in [0.3, 0.4) is 0 Å². The molecular weight excluding hydrogens is 370 g/mol. The van der Waals surface area contributed by atoms with E-state index in [0.29, 0.717) is 6.54 Å². The predicted molar refractivity (Wildman–Crippen MR) is 114 cm³/mol. The van der Waals surface area contributed by atoms with E-state index < -0.39 is 0 Å². The number of amides is 1. The van der Waals surface area contributed by atoms with E-state index >= 15 is 0 Å². The summed E-state index contributed by atoms with van der Waals surface area (Å²) in [6.07, 6.45) is 2.81. The molecule has 0 aliphatic carbocycles. The van der Waals surface area contributed by atoms with E-state index in [1.54, 1.807) is 18.4 Å². The third-order valence-corrected chi connectivity index (χ3v) is 6.28. The van der Waals surface area contributed by atoms with Gasteiger partial charge in [-0.25, -0.2) is 4.98 Å². The minimum atomic E-state index is 0.0195. The largest absolute Gasteiger partial charge is 0.497 e. The van der Waals surface area contributed by atoms with Gasteiger partial charge in [0.05, 0.1) is 23.2 Å². The highest BCUT2D eigenvalue weighted by atomic mass is 32.1. The van der Waals surface area contributed by atoms with Crippen molar-refractivity contribution in [3.8, 4) is 5.75 Å². The molecule has 6 heteroatoms. The van der Waals surface area contributed by atoms with E-state index in [0.717, 1.165) is 53.4 Å². The number of benzene rings is 2. The summed E-state index contributed by atoms with van der Waals surface area (Å²) in [6, 6.07) is 16.2. The van der Waals surface area contributed by atoms with Gasteiger partial charge in [0.1, 0.15) is 5.75 Å². The number of carbonyl (C=O) groups excluding carboxylic acids is 1. The summed E-state index contributed by atoms with van der Waals surface area (Å²) >= 11 is 1.67. The zero-order valence-electron chi connectivity index (χ0n) is 16.1. The second-order valence-corrected chi connectivity index (χ2v) is 8.15. The van der Waals surface area contributed by atoms with Crippen LogP contribution < -0.4 is 15.0 Å². The van der Waals surface area contributed by atoms with Gasteiger partial charge in [-0.2, -0.15) is 0 Å². The van der Waals surface area contributed by atoms with Gasteiger partial charge in [-0.3, -0.25) is 4.79 Å². The lowest BCUT2D eigenvalue weighted by Gasteiger charge is -2.31. The first-order valence-corrected chi connectivity index (χ1v) is 10.6. The van der Waals surface area contributed by atoms with E-state index in [1.165, 1.54) is 5.56 Å². The van der Waals surface area contributed by atoms with Crippen molar-refractivity contribution >= 4 is 32.6 Å². The van der Waals surface area contributed by atoms with E-state index in [1.807, 2.05) is 36.4 Å². The van der Waals surface area contributed by atoms with Crippen LogP contribution in [0, 0.1) is 5.92 Å². The molecule has 0 bridgehead atoms. The summed E-state index contributed by atoms with van der Waals surface area (Å²) in [5.41, 5.74) is 2.23. The molecule has 5 nitrogen and oxygen atoms in total. The molecule has 0 saturated carbocycles. The van der Waals surface area contributed by atoms with Gasteiger partial charge in [0.15, 0.2) is 5.13 Å². The SMILES string of the molecule is COc1ccc2nc(N3CCCC(C(=O)NCCc4ccccc4)C3)sc2c1. The molecule has 28 heavy (non-hydrogen) atoms. The van der Waals surface area contributed by atoms with Crippen molar-refractivity contribution in [2.45, 2.75) is 19.3 Å². The van der Waals surface area contributed by atoms with Crippen LogP contribution in [0.5, 0.6) is 5.75 Å². The number of piperidine rings is 1. The highest BCUT2D eigenvalue weighted by Crippen LogP contribution is 2.33. The number of carbonyl (C=O) groups is 1. The van der Waals surface area contributed by atoms with Crippen LogP contribution in [0.15, 0.2) is 48.5 Å². The average Bonchev–Trinajstić information content (AvgIpc) is 3.18. The number of anilines is 1. The van der Waals surface area contributed by atoms with Gasteiger partial charge >= 0.3 is 0 Å². The number of fused-ring (bicyclic) bond motifs is 1. The van der Waals surface area contributed by atoms with Gasteiger partial charge in [-0.1, -0.05) is 41.7 Å². The minimum Gasteiger partial charge on any atom is -0.497 e. The van der Waals surface area contributed by atoms with Gasteiger partial charge in [0, 0.05) is 19.6 Å². The van der Waals surface area contributed by atoms with Crippen LogP contribution >= 0.6 is 11.3 Å². The summed E-state index contributed by atoms with van der Waals surface area (Å²) in [4.78, 5) is 19.7. The number of methoxy groups -OCH3 is 1. The fraction of sp³-hybridized carbons (Fsp3) is 0.364. The van der Waals surface area contributed by atoms with Crippen LogP contribution in [0.4, 0.5) is 5.13 Å². The molecule has 4 rings (SSSR count). The van der Waals surface area contributed by atoms with Crippen LogP contribution in [0.25, 0.3) is 10.2 Å². The Bertz CT molecular complexity index is 941.